The van der Waals surface area contributed by atoms with Crippen LogP contribution in [0.25, 0.3) is 0 Å². The van der Waals surface area contributed by atoms with Crippen LogP contribution in [0.3, 0.4) is 0 Å². The summed E-state index contributed by atoms with van der Waals surface area (Å²) in [5.74, 6) is 0.530. The largest absolute Gasteiger partial charge is 0.477 e. The number of carbonyl (C=O) groups excluding carboxylic acids is 1. The maximum absolute atomic E-state index is 12.2. The maximum atomic E-state index is 12.2. The highest BCUT2D eigenvalue weighted by Gasteiger charge is 2.21. The highest BCUT2D eigenvalue weighted by molar-refractivity contribution is 5.89. The third kappa shape index (κ3) is 5.19. The predicted octanol–water partition coefficient (Wildman–Crippen LogP) is 2.69. The summed E-state index contributed by atoms with van der Waals surface area (Å²) >= 11 is 0. The van der Waals surface area contributed by atoms with E-state index < -0.39 is 6.10 Å². The van der Waals surface area contributed by atoms with E-state index in [1.807, 2.05) is 18.2 Å². The van der Waals surface area contributed by atoms with Gasteiger partial charge in [-0.3, -0.25) is 0 Å². The normalized spacial score (nSPS) is 17.2. The Morgan fingerprint density at radius 3 is 2.84 bits per heavy atom. The SMILES string of the molecule is O=C(Nc1ccc(OCCc2ccccc2)nc1)N1CCCC(O)C1. The standard InChI is InChI=1S/C19H23N3O3/c23-17-7-4-11-22(14-17)19(24)21-16-8-9-18(20-13-16)25-12-10-15-5-2-1-3-6-15/h1-3,5-6,8-9,13,17,23H,4,7,10-12,14H2,(H,21,24). The Kier molecular flexibility index (Phi) is 5.85. The number of hydrogen-bond donors (Lipinski definition) is 2. The van der Waals surface area contributed by atoms with Crippen LogP contribution in [0, 0.1) is 0 Å². The van der Waals surface area contributed by atoms with Crippen molar-refractivity contribution < 1.29 is 14.6 Å². The van der Waals surface area contributed by atoms with E-state index in [2.05, 4.69) is 22.4 Å². The van der Waals surface area contributed by atoms with E-state index in [0.29, 0.717) is 31.3 Å². The molecule has 1 aliphatic rings. The number of anilines is 1. The van der Waals surface area contributed by atoms with Crippen molar-refractivity contribution in [3.63, 3.8) is 0 Å². The minimum absolute atomic E-state index is 0.210. The number of likely N-dealkylation sites (tertiary alicyclic amines) is 1. The summed E-state index contributed by atoms with van der Waals surface area (Å²) in [6.07, 6.45) is 3.54. The van der Waals surface area contributed by atoms with Crippen molar-refractivity contribution in [2.45, 2.75) is 25.4 Å². The van der Waals surface area contributed by atoms with Gasteiger partial charge in [0.2, 0.25) is 5.88 Å². The van der Waals surface area contributed by atoms with Gasteiger partial charge in [0.05, 0.1) is 24.6 Å². The van der Waals surface area contributed by atoms with E-state index in [-0.39, 0.29) is 6.03 Å². The number of β-amino-alcohol motifs (C(OH)–C–C–N with tert-alkyl or cyclic N) is 1. The Labute approximate surface area is 147 Å². The first-order valence-corrected chi connectivity index (χ1v) is 8.57. The fraction of sp³-hybridized carbons (Fsp3) is 0.368. The Balaban J connectivity index is 1.46. The first kappa shape index (κ1) is 17.2. The van der Waals surface area contributed by atoms with Crippen molar-refractivity contribution in [2.75, 3.05) is 25.0 Å². The van der Waals surface area contributed by atoms with Crippen molar-refractivity contribution in [1.29, 1.82) is 0 Å². The van der Waals surface area contributed by atoms with E-state index >= 15 is 0 Å². The van der Waals surface area contributed by atoms with Gasteiger partial charge in [-0.1, -0.05) is 30.3 Å². The van der Waals surface area contributed by atoms with Crippen molar-refractivity contribution in [3.05, 3.63) is 54.2 Å². The van der Waals surface area contributed by atoms with Crippen LogP contribution in [0.2, 0.25) is 0 Å². The monoisotopic (exact) mass is 341 g/mol. The maximum Gasteiger partial charge on any atom is 0.321 e. The number of ether oxygens (including phenoxy) is 1. The van der Waals surface area contributed by atoms with Gasteiger partial charge in [0.15, 0.2) is 0 Å². The minimum atomic E-state index is -0.432. The van der Waals surface area contributed by atoms with Crippen molar-refractivity contribution in [3.8, 4) is 5.88 Å². The second kappa shape index (κ2) is 8.48. The van der Waals surface area contributed by atoms with Gasteiger partial charge in [-0.05, 0) is 24.5 Å². The number of aliphatic hydroxyl groups is 1. The van der Waals surface area contributed by atoms with Crippen LogP contribution in [-0.2, 0) is 6.42 Å². The number of nitrogens with zero attached hydrogens (tertiary/aromatic N) is 2. The average Bonchev–Trinajstić information content (AvgIpc) is 2.64. The van der Waals surface area contributed by atoms with Gasteiger partial charge < -0.3 is 20.1 Å². The van der Waals surface area contributed by atoms with Gasteiger partial charge in [0, 0.05) is 25.6 Å². The van der Waals surface area contributed by atoms with Crippen LogP contribution in [0.15, 0.2) is 48.7 Å². The molecule has 0 spiro atoms. The van der Waals surface area contributed by atoms with Gasteiger partial charge in [0.1, 0.15) is 0 Å². The number of rotatable bonds is 5. The Morgan fingerprint density at radius 1 is 1.28 bits per heavy atom. The molecule has 2 aromatic rings. The molecule has 3 rings (SSSR count). The topological polar surface area (TPSA) is 74.7 Å². The number of hydrogen-bond acceptors (Lipinski definition) is 4. The number of carbonyl (C=O) groups is 1. The fourth-order valence-electron chi connectivity index (χ4n) is 2.80. The number of piperidine rings is 1. The van der Waals surface area contributed by atoms with E-state index in [9.17, 15) is 9.90 Å². The van der Waals surface area contributed by atoms with Gasteiger partial charge in [-0.15, -0.1) is 0 Å². The molecule has 2 heterocycles. The lowest BCUT2D eigenvalue weighted by molar-refractivity contribution is 0.0883. The van der Waals surface area contributed by atoms with Crippen LogP contribution < -0.4 is 10.1 Å². The van der Waals surface area contributed by atoms with Gasteiger partial charge in [-0.2, -0.15) is 0 Å². The van der Waals surface area contributed by atoms with Crippen molar-refractivity contribution >= 4 is 11.7 Å². The van der Waals surface area contributed by atoms with Crippen LogP contribution in [0.4, 0.5) is 10.5 Å². The molecular formula is C19H23N3O3. The summed E-state index contributed by atoms with van der Waals surface area (Å²) in [6, 6.07) is 13.4. The molecule has 6 nitrogen and oxygen atoms in total. The third-order valence-corrected chi connectivity index (χ3v) is 4.15. The van der Waals surface area contributed by atoms with Gasteiger partial charge >= 0.3 is 6.03 Å². The molecule has 1 unspecified atom stereocenters. The van der Waals surface area contributed by atoms with E-state index in [4.69, 9.17) is 4.74 Å². The summed E-state index contributed by atoms with van der Waals surface area (Å²) in [7, 11) is 0. The summed E-state index contributed by atoms with van der Waals surface area (Å²) in [5.41, 5.74) is 1.83. The lowest BCUT2D eigenvalue weighted by Crippen LogP contribution is -2.44. The lowest BCUT2D eigenvalue weighted by atomic mass is 10.1. The quantitative estimate of drug-likeness (QED) is 0.877. The Bertz CT molecular complexity index is 676. The summed E-state index contributed by atoms with van der Waals surface area (Å²) in [5, 5.41) is 12.4. The molecule has 1 atom stereocenters. The molecule has 1 aromatic carbocycles. The highest BCUT2D eigenvalue weighted by Crippen LogP contribution is 2.15. The highest BCUT2D eigenvalue weighted by atomic mass is 16.5. The molecule has 6 heteroatoms. The molecule has 1 fully saturated rings. The fourth-order valence-corrected chi connectivity index (χ4v) is 2.80. The molecule has 132 valence electrons. The van der Waals surface area contributed by atoms with Crippen LogP contribution in [0.1, 0.15) is 18.4 Å². The molecule has 1 saturated heterocycles. The van der Waals surface area contributed by atoms with E-state index in [0.717, 1.165) is 19.3 Å². The van der Waals surface area contributed by atoms with Crippen LogP contribution in [0.5, 0.6) is 5.88 Å². The second-order valence-electron chi connectivity index (χ2n) is 6.14. The number of aromatic nitrogens is 1. The van der Waals surface area contributed by atoms with Crippen molar-refractivity contribution in [1.82, 2.24) is 9.88 Å². The molecule has 2 amide bonds. The first-order valence-electron chi connectivity index (χ1n) is 8.57. The molecule has 0 radical (unpaired) electrons. The number of aliphatic hydroxyl groups excluding tert-OH is 1. The molecule has 2 N–H and O–H groups in total. The average molecular weight is 341 g/mol. The Morgan fingerprint density at radius 2 is 2.12 bits per heavy atom. The summed E-state index contributed by atoms with van der Waals surface area (Å²) in [4.78, 5) is 18.0. The predicted molar refractivity (Wildman–Crippen MR) is 95.7 cm³/mol. The number of nitrogens with one attached hydrogen (secondary N) is 1. The first-order chi connectivity index (χ1) is 12.2. The zero-order valence-electron chi connectivity index (χ0n) is 14.1. The Hall–Kier alpha value is -2.60. The van der Waals surface area contributed by atoms with Crippen molar-refractivity contribution in [2.24, 2.45) is 0 Å². The lowest BCUT2D eigenvalue weighted by Gasteiger charge is -2.30. The van der Waals surface area contributed by atoms with Gasteiger partial charge in [-0.25, -0.2) is 9.78 Å². The molecule has 0 bridgehead atoms. The van der Waals surface area contributed by atoms with E-state index in [1.54, 1.807) is 23.2 Å². The molecular weight excluding hydrogens is 318 g/mol. The number of amides is 2. The third-order valence-electron chi connectivity index (χ3n) is 4.15. The molecule has 0 saturated carbocycles. The summed E-state index contributed by atoms with van der Waals surface area (Å²) < 4.78 is 5.63. The summed E-state index contributed by atoms with van der Waals surface area (Å²) in [6.45, 7) is 1.59. The molecule has 0 aliphatic carbocycles. The zero-order chi connectivity index (χ0) is 17.5. The number of urea groups is 1. The van der Waals surface area contributed by atoms with E-state index in [1.165, 1.54) is 5.56 Å². The molecule has 1 aliphatic heterocycles. The van der Waals surface area contributed by atoms with Crippen LogP contribution >= 0.6 is 0 Å². The van der Waals surface area contributed by atoms with Crippen LogP contribution in [-0.4, -0.2) is 46.8 Å². The zero-order valence-corrected chi connectivity index (χ0v) is 14.1. The smallest absolute Gasteiger partial charge is 0.321 e. The number of benzene rings is 1. The molecule has 1 aromatic heterocycles. The number of pyridine rings is 1. The second-order valence-corrected chi connectivity index (χ2v) is 6.14. The minimum Gasteiger partial charge on any atom is -0.477 e. The molecule has 25 heavy (non-hydrogen) atoms. The van der Waals surface area contributed by atoms with Gasteiger partial charge in [0.25, 0.3) is 0 Å².